The molecule has 1 aromatic rings. The first kappa shape index (κ1) is 11.8. The summed E-state index contributed by atoms with van der Waals surface area (Å²) in [6.45, 7) is 3.11. The van der Waals surface area contributed by atoms with Crippen molar-refractivity contribution < 1.29 is 9.59 Å². The molecule has 1 aliphatic carbocycles. The molecule has 0 spiro atoms. The summed E-state index contributed by atoms with van der Waals surface area (Å²) in [5.41, 5.74) is 0.949. The second-order valence-electron chi connectivity index (χ2n) is 5.97. The lowest BCUT2D eigenvalue weighted by molar-refractivity contribution is -0.126. The second-order valence-corrected chi connectivity index (χ2v) is 5.97. The lowest BCUT2D eigenvalue weighted by Crippen LogP contribution is -2.32. The largest absolute Gasteiger partial charge is 0.355 e. The molecule has 0 radical (unpaired) electrons. The zero-order valence-electron chi connectivity index (χ0n) is 11.3. The third-order valence-electron chi connectivity index (χ3n) is 4.36. The summed E-state index contributed by atoms with van der Waals surface area (Å²) in [6, 6.07) is 1.94. The molecule has 6 heteroatoms. The molecule has 3 heterocycles. The molecule has 0 aromatic carbocycles. The molecule has 1 aromatic heterocycles. The minimum atomic E-state index is -0.220. The van der Waals surface area contributed by atoms with Crippen LogP contribution in [-0.4, -0.2) is 34.9 Å². The molecule has 2 atom stereocenters. The molecular formula is C14H16N4O2. The molecular weight excluding hydrogens is 256 g/mol. The molecule has 4 rings (SSSR count). The van der Waals surface area contributed by atoms with Crippen molar-refractivity contribution in [3.8, 4) is 0 Å². The van der Waals surface area contributed by atoms with Crippen LogP contribution in [0.15, 0.2) is 6.07 Å². The fourth-order valence-corrected chi connectivity index (χ4v) is 3.09. The van der Waals surface area contributed by atoms with E-state index >= 15 is 0 Å². The van der Waals surface area contributed by atoms with Gasteiger partial charge in [-0.25, -0.2) is 9.97 Å². The molecule has 2 aliphatic heterocycles. The standard InChI is InChI=1S/C14H16N4O2/c1-7-4-11(16-12(15-7)8-2-3-8)18-5-9-10(6-18)14(20)17-13(9)19/h4,8-10H,2-3,5-6H2,1H3,(H,17,19,20). The summed E-state index contributed by atoms with van der Waals surface area (Å²) in [7, 11) is 0. The number of aryl methyl sites for hydroxylation is 1. The molecule has 1 saturated carbocycles. The van der Waals surface area contributed by atoms with E-state index in [9.17, 15) is 9.59 Å². The van der Waals surface area contributed by atoms with Gasteiger partial charge in [-0.05, 0) is 19.8 Å². The van der Waals surface area contributed by atoms with Crippen LogP contribution in [0.4, 0.5) is 5.82 Å². The summed E-state index contributed by atoms with van der Waals surface area (Å²) in [4.78, 5) is 34.6. The maximum Gasteiger partial charge on any atom is 0.232 e. The van der Waals surface area contributed by atoms with Gasteiger partial charge in [-0.3, -0.25) is 14.9 Å². The van der Waals surface area contributed by atoms with Crippen molar-refractivity contribution in [1.29, 1.82) is 0 Å². The lowest BCUT2D eigenvalue weighted by atomic mass is 10.00. The van der Waals surface area contributed by atoms with Crippen molar-refractivity contribution in [3.63, 3.8) is 0 Å². The highest BCUT2D eigenvalue weighted by atomic mass is 16.2. The van der Waals surface area contributed by atoms with Crippen molar-refractivity contribution in [2.75, 3.05) is 18.0 Å². The molecule has 3 aliphatic rings. The van der Waals surface area contributed by atoms with Crippen molar-refractivity contribution in [1.82, 2.24) is 15.3 Å². The summed E-state index contributed by atoms with van der Waals surface area (Å²) >= 11 is 0. The van der Waals surface area contributed by atoms with E-state index in [2.05, 4.69) is 15.3 Å². The van der Waals surface area contributed by atoms with Gasteiger partial charge in [0.1, 0.15) is 11.6 Å². The SMILES string of the molecule is Cc1cc(N2CC3C(=O)NC(=O)C3C2)nc(C2CC2)n1. The normalized spacial score (nSPS) is 28.8. The maximum atomic E-state index is 11.7. The Balaban J connectivity index is 1.63. The Kier molecular flexibility index (Phi) is 2.37. The number of nitrogens with one attached hydrogen (secondary N) is 1. The molecule has 1 N–H and O–H groups in total. The highest BCUT2D eigenvalue weighted by Crippen LogP contribution is 2.39. The van der Waals surface area contributed by atoms with E-state index in [0.29, 0.717) is 19.0 Å². The molecule has 0 bridgehead atoms. The fourth-order valence-electron chi connectivity index (χ4n) is 3.09. The van der Waals surface area contributed by atoms with Crippen molar-refractivity contribution in [3.05, 3.63) is 17.6 Å². The number of carbonyl (C=O) groups excluding carboxylic acids is 2. The number of aromatic nitrogens is 2. The van der Waals surface area contributed by atoms with Crippen molar-refractivity contribution >= 4 is 17.6 Å². The quantitative estimate of drug-likeness (QED) is 0.787. The average Bonchev–Trinajstić information content (AvgIpc) is 3.09. The van der Waals surface area contributed by atoms with Gasteiger partial charge in [0.25, 0.3) is 0 Å². The topological polar surface area (TPSA) is 75.2 Å². The third-order valence-corrected chi connectivity index (χ3v) is 4.36. The molecule has 104 valence electrons. The number of amides is 2. The first-order valence-electron chi connectivity index (χ1n) is 7.07. The van der Waals surface area contributed by atoms with Gasteiger partial charge < -0.3 is 4.90 Å². The van der Waals surface area contributed by atoms with Crippen LogP contribution < -0.4 is 10.2 Å². The number of carbonyl (C=O) groups is 2. The number of rotatable bonds is 2. The van der Waals surface area contributed by atoms with Crippen LogP contribution in [0.25, 0.3) is 0 Å². The Morgan fingerprint density at radius 3 is 2.40 bits per heavy atom. The number of imide groups is 1. The van der Waals surface area contributed by atoms with Gasteiger partial charge in [0.2, 0.25) is 11.8 Å². The van der Waals surface area contributed by atoms with Crippen LogP contribution >= 0.6 is 0 Å². The lowest BCUT2D eigenvalue weighted by Gasteiger charge is -2.19. The van der Waals surface area contributed by atoms with E-state index in [1.807, 2.05) is 17.9 Å². The Hall–Kier alpha value is -1.98. The Morgan fingerprint density at radius 2 is 1.80 bits per heavy atom. The molecule has 2 amide bonds. The number of hydrogen-bond donors (Lipinski definition) is 1. The van der Waals surface area contributed by atoms with Gasteiger partial charge in [-0.15, -0.1) is 0 Å². The third kappa shape index (κ3) is 1.78. The zero-order valence-corrected chi connectivity index (χ0v) is 11.3. The van der Waals surface area contributed by atoms with Crippen LogP contribution in [0.1, 0.15) is 30.3 Å². The van der Waals surface area contributed by atoms with E-state index in [4.69, 9.17) is 0 Å². The monoisotopic (exact) mass is 272 g/mol. The molecule has 2 unspecified atom stereocenters. The molecule has 6 nitrogen and oxygen atoms in total. The zero-order chi connectivity index (χ0) is 13.9. The predicted molar refractivity (Wildman–Crippen MR) is 71.1 cm³/mol. The van der Waals surface area contributed by atoms with E-state index in [1.165, 1.54) is 0 Å². The van der Waals surface area contributed by atoms with Gasteiger partial charge in [-0.1, -0.05) is 0 Å². The first-order chi connectivity index (χ1) is 9.61. The number of anilines is 1. The summed E-state index contributed by atoms with van der Waals surface area (Å²) < 4.78 is 0. The van der Waals surface area contributed by atoms with Crippen LogP contribution in [0.3, 0.4) is 0 Å². The highest BCUT2D eigenvalue weighted by Gasteiger charge is 2.48. The Bertz CT molecular complexity index is 589. The van der Waals surface area contributed by atoms with Crippen molar-refractivity contribution in [2.45, 2.75) is 25.7 Å². The molecule has 3 fully saturated rings. The van der Waals surface area contributed by atoms with Gasteiger partial charge in [0.15, 0.2) is 0 Å². The Labute approximate surface area is 116 Å². The van der Waals surface area contributed by atoms with E-state index in [0.717, 1.165) is 30.2 Å². The highest BCUT2D eigenvalue weighted by molar-refractivity contribution is 6.06. The van der Waals surface area contributed by atoms with Gasteiger partial charge in [-0.2, -0.15) is 0 Å². The summed E-state index contributed by atoms with van der Waals surface area (Å²) in [5.74, 6) is 1.54. The minimum Gasteiger partial charge on any atom is -0.355 e. The summed E-state index contributed by atoms with van der Waals surface area (Å²) in [5, 5.41) is 2.40. The van der Waals surface area contributed by atoms with Crippen molar-refractivity contribution in [2.24, 2.45) is 11.8 Å². The van der Waals surface area contributed by atoms with E-state index in [1.54, 1.807) is 0 Å². The smallest absolute Gasteiger partial charge is 0.232 e. The van der Waals surface area contributed by atoms with Gasteiger partial charge in [0, 0.05) is 30.8 Å². The van der Waals surface area contributed by atoms with Gasteiger partial charge >= 0.3 is 0 Å². The van der Waals surface area contributed by atoms with Crippen LogP contribution in [0, 0.1) is 18.8 Å². The van der Waals surface area contributed by atoms with Crippen LogP contribution in [0.5, 0.6) is 0 Å². The molecule has 20 heavy (non-hydrogen) atoms. The number of hydrogen-bond acceptors (Lipinski definition) is 5. The number of fused-ring (bicyclic) bond motifs is 1. The van der Waals surface area contributed by atoms with Crippen LogP contribution in [-0.2, 0) is 9.59 Å². The fraction of sp³-hybridized carbons (Fsp3) is 0.571. The minimum absolute atomic E-state index is 0.143. The summed E-state index contributed by atoms with van der Waals surface area (Å²) in [6.07, 6.45) is 2.32. The maximum absolute atomic E-state index is 11.7. The first-order valence-corrected chi connectivity index (χ1v) is 7.07. The second kappa shape index (κ2) is 4.01. The molecule has 2 saturated heterocycles. The predicted octanol–water partition coefficient (Wildman–Crippen LogP) is 0.371. The average molecular weight is 272 g/mol. The van der Waals surface area contributed by atoms with E-state index in [-0.39, 0.29) is 23.7 Å². The number of nitrogens with zero attached hydrogens (tertiary/aromatic N) is 3. The van der Waals surface area contributed by atoms with Gasteiger partial charge in [0.05, 0.1) is 11.8 Å². The van der Waals surface area contributed by atoms with E-state index < -0.39 is 0 Å². The van der Waals surface area contributed by atoms with Crippen LogP contribution in [0.2, 0.25) is 0 Å². The Morgan fingerprint density at radius 1 is 1.15 bits per heavy atom.